The molecule has 0 fully saturated rings. The molecule has 3 aromatic heterocycles. The number of nitriles is 1. The van der Waals surface area contributed by atoms with Gasteiger partial charge in [-0.3, -0.25) is 0 Å². The second kappa shape index (κ2) is 15.3. The minimum absolute atomic E-state index is 0.426. The highest BCUT2D eigenvalue weighted by atomic mass is 16.3. The van der Waals surface area contributed by atoms with Crippen molar-refractivity contribution in [3.8, 4) is 79.0 Å². The van der Waals surface area contributed by atoms with Crippen LogP contribution >= 0.6 is 0 Å². The first-order chi connectivity index (χ1) is 31.7. The van der Waals surface area contributed by atoms with Crippen molar-refractivity contribution in [2.24, 2.45) is 0 Å². The summed E-state index contributed by atoms with van der Waals surface area (Å²) in [7, 11) is 0. The molecule has 0 bridgehead atoms. The van der Waals surface area contributed by atoms with Crippen molar-refractivity contribution in [1.29, 1.82) is 5.26 Å². The number of aromatic nitrogens is 3. The van der Waals surface area contributed by atoms with Gasteiger partial charge in [-0.2, -0.15) is 5.26 Å². The van der Waals surface area contributed by atoms with Crippen molar-refractivity contribution >= 4 is 43.7 Å². The molecule has 12 aromatic rings. The summed E-state index contributed by atoms with van der Waals surface area (Å²) in [5, 5.41) is 15.1. The largest absolute Gasteiger partial charge is 0.453 e. The topological polar surface area (TPSA) is 67.6 Å². The van der Waals surface area contributed by atoms with E-state index in [1.54, 1.807) is 0 Å². The molecule has 0 saturated heterocycles. The average Bonchev–Trinajstić information content (AvgIpc) is 3.93. The molecule has 298 valence electrons. The van der Waals surface area contributed by atoms with Crippen molar-refractivity contribution < 1.29 is 4.42 Å². The Labute approximate surface area is 369 Å². The zero-order chi connectivity index (χ0) is 42.6. The van der Waals surface area contributed by atoms with Crippen LogP contribution in [-0.4, -0.2) is 14.5 Å². The maximum absolute atomic E-state index is 10.8. The van der Waals surface area contributed by atoms with Gasteiger partial charge >= 0.3 is 0 Å². The van der Waals surface area contributed by atoms with Gasteiger partial charge in [0.05, 0.1) is 28.1 Å². The van der Waals surface area contributed by atoms with E-state index in [0.29, 0.717) is 22.8 Å². The summed E-state index contributed by atoms with van der Waals surface area (Å²) in [5.41, 5.74) is 15.0. The molecule has 0 spiro atoms. The number of para-hydroxylation sites is 2. The minimum atomic E-state index is 0.426. The normalized spacial score (nSPS) is 11.4. The molecule has 0 saturated carbocycles. The summed E-state index contributed by atoms with van der Waals surface area (Å²) in [6.45, 7) is 0. The highest BCUT2D eigenvalue weighted by Crippen LogP contribution is 2.47. The summed E-state index contributed by atoms with van der Waals surface area (Å²) in [5.74, 6) is 0.511. The van der Waals surface area contributed by atoms with Crippen LogP contribution in [0.4, 0.5) is 0 Å². The Kier molecular flexibility index (Phi) is 8.81. The second-order valence-corrected chi connectivity index (χ2v) is 16.0. The van der Waals surface area contributed by atoms with Crippen LogP contribution in [0.2, 0.25) is 0 Å². The molecule has 0 aliphatic carbocycles. The van der Waals surface area contributed by atoms with Crippen molar-refractivity contribution in [2.75, 3.05) is 0 Å². The molecule has 0 radical (unpaired) electrons. The molecule has 3 heterocycles. The fraction of sp³-hybridized carbons (Fsp3) is 0. The monoisotopic (exact) mass is 816 g/mol. The Balaban J connectivity index is 1.24. The van der Waals surface area contributed by atoms with Crippen molar-refractivity contribution in [3.05, 3.63) is 224 Å². The highest BCUT2D eigenvalue weighted by Gasteiger charge is 2.26. The van der Waals surface area contributed by atoms with Crippen LogP contribution in [0.3, 0.4) is 0 Å². The van der Waals surface area contributed by atoms with Crippen LogP contribution in [0.5, 0.6) is 0 Å². The quantitative estimate of drug-likeness (QED) is 0.161. The lowest BCUT2D eigenvalue weighted by molar-refractivity contribution is 0.672. The Morgan fingerprint density at radius 2 is 0.906 bits per heavy atom. The van der Waals surface area contributed by atoms with Crippen molar-refractivity contribution in [2.45, 2.75) is 0 Å². The average molecular weight is 817 g/mol. The van der Waals surface area contributed by atoms with E-state index in [2.05, 4.69) is 156 Å². The molecule has 0 aliphatic heterocycles. The zero-order valence-corrected chi connectivity index (χ0v) is 34.5. The molecule has 0 unspecified atom stereocenters. The molecule has 5 heteroatoms. The molecule has 64 heavy (non-hydrogen) atoms. The summed E-state index contributed by atoms with van der Waals surface area (Å²) < 4.78 is 9.58. The zero-order valence-electron chi connectivity index (χ0n) is 34.5. The first-order valence-electron chi connectivity index (χ1n) is 21.4. The molecule has 5 nitrogen and oxygen atoms in total. The van der Waals surface area contributed by atoms with Crippen LogP contribution in [0.15, 0.2) is 223 Å². The summed E-state index contributed by atoms with van der Waals surface area (Å²) >= 11 is 0. The maximum atomic E-state index is 10.8. The van der Waals surface area contributed by atoms with Crippen molar-refractivity contribution in [3.63, 3.8) is 0 Å². The molecule has 0 amide bonds. The number of rotatable bonds is 7. The molecule has 12 rings (SSSR count). The lowest BCUT2D eigenvalue weighted by Crippen LogP contribution is -2.04. The van der Waals surface area contributed by atoms with Gasteiger partial charge in [-0.25, -0.2) is 9.97 Å². The second-order valence-electron chi connectivity index (χ2n) is 16.0. The van der Waals surface area contributed by atoms with Crippen LogP contribution in [0, 0.1) is 11.3 Å². The summed E-state index contributed by atoms with van der Waals surface area (Å²) in [6, 6.07) is 77.8. The Morgan fingerprint density at radius 1 is 0.406 bits per heavy atom. The third-order valence-corrected chi connectivity index (χ3v) is 12.3. The minimum Gasteiger partial charge on any atom is -0.453 e. The van der Waals surface area contributed by atoms with E-state index >= 15 is 0 Å². The molecular formula is C59H36N4O. The predicted octanol–water partition coefficient (Wildman–Crippen LogP) is 15.3. The fourth-order valence-corrected chi connectivity index (χ4v) is 9.39. The van der Waals surface area contributed by atoms with Gasteiger partial charge in [0.1, 0.15) is 17.2 Å². The van der Waals surface area contributed by atoms with Gasteiger partial charge in [0.25, 0.3) is 0 Å². The third-order valence-electron chi connectivity index (χ3n) is 12.3. The number of benzene rings is 9. The van der Waals surface area contributed by atoms with Crippen LogP contribution in [-0.2, 0) is 0 Å². The van der Waals surface area contributed by atoms with E-state index < -0.39 is 0 Å². The Morgan fingerprint density at radius 3 is 1.52 bits per heavy atom. The van der Waals surface area contributed by atoms with Gasteiger partial charge in [0, 0.05) is 49.4 Å². The maximum Gasteiger partial charge on any atom is 0.160 e. The van der Waals surface area contributed by atoms with Crippen LogP contribution in [0.1, 0.15) is 5.56 Å². The van der Waals surface area contributed by atoms with E-state index in [1.165, 1.54) is 0 Å². The molecule has 9 aromatic carbocycles. The van der Waals surface area contributed by atoms with Gasteiger partial charge in [0.15, 0.2) is 11.4 Å². The predicted molar refractivity (Wildman–Crippen MR) is 261 cm³/mol. The van der Waals surface area contributed by atoms with Gasteiger partial charge in [-0.15, -0.1) is 0 Å². The van der Waals surface area contributed by atoms with Gasteiger partial charge < -0.3 is 8.98 Å². The molecule has 0 atom stereocenters. The van der Waals surface area contributed by atoms with Crippen LogP contribution in [0.25, 0.3) is 117 Å². The first-order valence-corrected chi connectivity index (χ1v) is 21.4. The Hall–Kier alpha value is -8.85. The molecule has 0 aliphatic rings. The summed E-state index contributed by atoms with van der Waals surface area (Å²) in [6.07, 6.45) is 0. The van der Waals surface area contributed by atoms with Crippen molar-refractivity contribution in [1.82, 2.24) is 14.5 Å². The van der Waals surface area contributed by atoms with Crippen LogP contribution < -0.4 is 0 Å². The smallest absolute Gasteiger partial charge is 0.160 e. The van der Waals surface area contributed by atoms with Gasteiger partial charge in [-0.05, 0) is 46.5 Å². The van der Waals surface area contributed by atoms with Gasteiger partial charge in [-0.1, -0.05) is 194 Å². The number of nitrogens with zero attached hydrogens (tertiary/aromatic N) is 4. The fourth-order valence-electron chi connectivity index (χ4n) is 9.39. The standard InChI is InChI=1S/C59H36N4O/c60-37-50-54(41-25-12-4-13-26-41)61-59(62-55(50)42-27-14-5-15-28-42)43-35-49(39-21-8-2-9-22-39)53(40-23-10-3-11-24-40)52(36-43)63-51-32-17-16-29-45(51)46-33-34-48-47-31-18-30-44(38-19-6-1-7-20-38)57(47)64-58(48)56(46)63/h1-36H. The number of furan rings is 1. The lowest BCUT2D eigenvalue weighted by atomic mass is 9.90. The van der Waals surface area contributed by atoms with E-state index in [0.717, 1.165) is 99.5 Å². The molecular weight excluding hydrogens is 781 g/mol. The van der Waals surface area contributed by atoms with E-state index in [-0.39, 0.29) is 0 Å². The highest BCUT2D eigenvalue weighted by molar-refractivity contribution is 6.23. The van der Waals surface area contributed by atoms with E-state index in [4.69, 9.17) is 14.4 Å². The first kappa shape index (κ1) is 37.0. The number of hydrogen-bond donors (Lipinski definition) is 0. The number of hydrogen-bond acceptors (Lipinski definition) is 4. The van der Waals surface area contributed by atoms with E-state index in [9.17, 15) is 5.26 Å². The number of fused-ring (bicyclic) bond motifs is 7. The SMILES string of the molecule is N#Cc1c(-c2ccccc2)nc(-c2cc(-c3ccccc3)c(-c3ccccc3)c(-n3c4ccccc4c4ccc5c6cccc(-c7ccccc7)c6oc5c43)c2)nc1-c1ccccc1. The third kappa shape index (κ3) is 6.00. The Bertz CT molecular complexity index is 3700. The van der Waals surface area contributed by atoms with E-state index in [1.807, 2.05) is 72.8 Å². The lowest BCUT2D eigenvalue weighted by Gasteiger charge is -2.21. The molecule has 0 N–H and O–H groups in total. The van der Waals surface area contributed by atoms with Gasteiger partial charge in [0.2, 0.25) is 0 Å². The summed E-state index contributed by atoms with van der Waals surface area (Å²) in [4.78, 5) is 10.6.